The molecule has 0 aromatic heterocycles. The highest BCUT2D eigenvalue weighted by molar-refractivity contribution is 6.04. The van der Waals surface area contributed by atoms with Crippen LogP contribution in [0.2, 0.25) is 0 Å². The number of ketones is 1. The van der Waals surface area contributed by atoms with Gasteiger partial charge >= 0.3 is 0 Å². The third-order valence-electron chi connectivity index (χ3n) is 3.06. The van der Waals surface area contributed by atoms with Crippen LogP contribution in [0.1, 0.15) is 25.7 Å². The van der Waals surface area contributed by atoms with E-state index in [2.05, 4.69) is 4.99 Å². The van der Waals surface area contributed by atoms with Crippen LogP contribution in [0.3, 0.4) is 0 Å². The van der Waals surface area contributed by atoms with Crippen LogP contribution in [-0.4, -0.2) is 16.8 Å². The van der Waals surface area contributed by atoms with E-state index < -0.39 is 11.7 Å². The van der Waals surface area contributed by atoms with Gasteiger partial charge in [-0.05, 0) is 31.0 Å². The first-order valence-electron chi connectivity index (χ1n) is 5.97. The third kappa shape index (κ3) is 2.92. The molecule has 18 heavy (non-hydrogen) atoms. The normalized spacial score (nSPS) is 20.9. The van der Waals surface area contributed by atoms with Crippen LogP contribution in [-0.2, 0) is 4.79 Å². The number of carbonyl (C=O) groups excluding carboxylic acids is 1. The Balaban J connectivity index is 2.24. The van der Waals surface area contributed by atoms with E-state index in [1.54, 1.807) is 6.07 Å². The molecule has 0 saturated heterocycles. The second-order valence-corrected chi connectivity index (χ2v) is 4.35. The number of nitrogens with one attached hydrogen (secondary N) is 1. The molecule has 1 saturated carbocycles. The van der Waals surface area contributed by atoms with Crippen molar-refractivity contribution in [2.24, 2.45) is 10.9 Å². The summed E-state index contributed by atoms with van der Waals surface area (Å²) in [6.45, 7) is 0. The molecule has 1 aliphatic rings. The van der Waals surface area contributed by atoms with Crippen molar-refractivity contribution in [1.82, 2.24) is 5.48 Å². The molecular formula is C13H15FN2O2. The van der Waals surface area contributed by atoms with E-state index in [1.807, 2.05) is 5.48 Å². The average Bonchev–Trinajstić information content (AvgIpc) is 2.37. The molecule has 0 spiro atoms. The van der Waals surface area contributed by atoms with E-state index in [1.165, 1.54) is 18.2 Å². The van der Waals surface area contributed by atoms with Gasteiger partial charge < -0.3 is 0 Å². The minimum atomic E-state index is -0.410. The Labute approximate surface area is 105 Å². The molecule has 2 N–H and O–H groups in total. The summed E-state index contributed by atoms with van der Waals surface area (Å²) >= 11 is 0. The van der Waals surface area contributed by atoms with Crippen LogP contribution in [0.25, 0.3) is 0 Å². The van der Waals surface area contributed by atoms with Gasteiger partial charge in [0.1, 0.15) is 17.4 Å². The molecule has 1 aliphatic carbocycles. The van der Waals surface area contributed by atoms with Gasteiger partial charge in [-0.15, -0.1) is 0 Å². The molecule has 1 aromatic carbocycles. The lowest BCUT2D eigenvalue weighted by molar-refractivity contribution is -0.122. The highest BCUT2D eigenvalue weighted by Crippen LogP contribution is 2.23. The summed E-state index contributed by atoms with van der Waals surface area (Å²) in [6, 6.07) is 5.72. The smallest absolute Gasteiger partial charge is 0.143 e. The highest BCUT2D eigenvalue weighted by atomic mass is 19.1. The van der Waals surface area contributed by atoms with Crippen molar-refractivity contribution in [3.8, 4) is 0 Å². The van der Waals surface area contributed by atoms with Crippen LogP contribution in [0.5, 0.6) is 0 Å². The van der Waals surface area contributed by atoms with Crippen LogP contribution < -0.4 is 5.48 Å². The lowest BCUT2D eigenvalue weighted by atomic mass is 9.87. The van der Waals surface area contributed by atoms with E-state index in [4.69, 9.17) is 5.21 Å². The van der Waals surface area contributed by atoms with Gasteiger partial charge in [-0.25, -0.2) is 9.38 Å². The molecule has 1 aromatic rings. The topological polar surface area (TPSA) is 61.7 Å². The highest BCUT2D eigenvalue weighted by Gasteiger charge is 2.27. The van der Waals surface area contributed by atoms with Crippen molar-refractivity contribution in [3.05, 3.63) is 30.1 Å². The fourth-order valence-electron chi connectivity index (χ4n) is 2.14. The predicted molar refractivity (Wildman–Crippen MR) is 65.4 cm³/mol. The summed E-state index contributed by atoms with van der Waals surface area (Å²) in [4.78, 5) is 15.9. The first-order valence-corrected chi connectivity index (χ1v) is 5.97. The number of nitrogens with zero attached hydrogens (tertiary/aromatic N) is 1. The number of hydroxylamine groups is 1. The van der Waals surface area contributed by atoms with Gasteiger partial charge in [0.2, 0.25) is 0 Å². The minimum absolute atomic E-state index is 0.0675. The molecular weight excluding hydrogens is 235 g/mol. The minimum Gasteiger partial charge on any atom is -0.299 e. The summed E-state index contributed by atoms with van der Waals surface area (Å²) in [5, 5.41) is 9.10. The van der Waals surface area contributed by atoms with Crippen molar-refractivity contribution < 1.29 is 14.4 Å². The summed E-state index contributed by atoms with van der Waals surface area (Å²) in [6.07, 6.45) is 2.99. The Hall–Kier alpha value is -1.75. The number of rotatable bonds is 2. The Morgan fingerprint density at radius 1 is 1.44 bits per heavy atom. The van der Waals surface area contributed by atoms with E-state index in [9.17, 15) is 9.18 Å². The van der Waals surface area contributed by atoms with Crippen LogP contribution in [0, 0.1) is 11.7 Å². The molecule has 0 bridgehead atoms. The lowest BCUT2D eigenvalue weighted by Gasteiger charge is -2.21. The van der Waals surface area contributed by atoms with Gasteiger partial charge in [-0.1, -0.05) is 12.5 Å². The number of benzene rings is 1. The van der Waals surface area contributed by atoms with Gasteiger partial charge in [0.05, 0.1) is 11.6 Å². The van der Waals surface area contributed by atoms with Gasteiger partial charge in [-0.2, -0.15) is 0 Å². The molecule has 96 valence electrons. The molecule has 5 heteroatoms. The molecule has 4 nitrogen and oxygen atoms in total. The molecule has 2 rings (SSSR count). The number of amidine groups is 1. The summed E-state index contributed by atoms with van der Waals surface area (Å²) in [5.74, 6) is -0.543. The zero-order chi connectivity index (χ0) is 13.0. The zero-order valence-corrected chi connectivity index (χ0v) is 9.90. The number of halogens is 1. The molecule has 1 unspecified atom stereocenters. The largest absolute Gasteiger partial charge is 0.299 e. The zero-order valence-electron chi connectivity index (χ0n) is 9.90. The first kappa shape index (κ1) is 12.7. The number of Topliss-reactive ketones (excluding diaryl/α,β-unsaturated/α-hetero) is 1. The fourth-order valence-corrected chi connectivity index (χ4v) is 2.14. The van der Waals surface area contributed by atoms with E-state index in [-0.39, 0.29) is 11.6 Å². The van der Waals surface area contributed by atoms with Gasteiger partial charge in [-0.3, -0.25) is 15.5 Å². The standard InChI is InChI=1S/C13H15FN2O2/c14-9-4-3-5-10(8-9)15-13(16-18)11-6-1-2-7-12(11)17/h3-5,8,11,18H,1-2,6-7H2,(H,15,16). The van der Waals surface area contributed by atoms with Gasteiger partial charge in [0.15, 0.2) is 0 Å². The summed E-state index contributed by atoms with van der Waals surface area (Å²) in [7, 11) is 0. The Kier molecular flexibility index (Phi) is 4.04. The maximum atomic E-state index is 13.0. The predicted octanol–water partition coefficient (Wildman–Crippen LogP) is 2.59. The fraction of sp³-hybridized carbons (Fsp3) is 0.385. The number of hydrogen-bond donors (Lipinski definition) is 2. The maximum absolute atomic E-state index is 13.0. The SMILES string of the molecule is O=C1CCCCC1C(=Nc1cccc(F)c1)NO. The molecule has 1 atom stereocenters. The van der Waals surface area contributed by atoms with Crippen molar-refractivity contribution in [2.45, 2.75) is 25.7 Å². The molecule has 0 radical (unpaired) electrons. The summed E-state index contributed by atoms with van der Waals surface area (Å²) < 4.78 is 13.0. The van der Waals surface area contributed by atoms with E-state index in [0.29, 0.717) is 18.5 Å². The average molecular weight is 250 g/mol. The third-order valence-corrected chi connectivity index (χ3v) is 3.06. The van der Waals surface area contributed by atoms with Gasteiger partial charge in [0, 0.05) is 6.42 Å². The molecule has 0 aliphatic heterocycles. The van der Waals surface area contributed by atoms with E-state index >= 15 is 0 Å². The van der Waals surface area contributed by atoms with Gasteiger partial charge in [0.25, 0.3) is 0 Å². The molecule has 0 heterocycles. The quantitative estimate of drug-likeness (QED) is 0.482. The van der Waals surface area contributed by atoms with Crippen molar-refractivity contribution in [3.63, 3.8) is 0 Å². The molecule has 0 amide bonds. The Morgan fingerprint density at radius 2 is 2.28 bits per heavy atom. The van der Waals surface area contributed by atoms with Crippen molar-refractivity contribution >= 4 is 17.3 Å². The van der Waals surface area contributed by atoms with Crippen LogP contribution >= 0.6 is 0 Å². The molecule has 1 fully saturated rings. The van der Waals surface area contributed by atoms with Crippen LogP contribution in [0.4, 0.5) is 10.1 Å². The lowest BCUT2D eigenvalue weighted by Crippen LogP contribution is -2.35. The Bertz CT molecular complexity index is 474. The van der Waals surface area contributed by atoms with E-state index in [0.717, 1.165) is 12.8 Å². The van der Waals surface area contributed by atoms with Crippen molar-refractivity contribution in [2.75, 3.05) is 0 Å². The number of hydrogen-bond acceptors (Lipinski definition) is 3. The number of aliphatic imine (C=N–C) groups is 1. The second-order valence-electron chi connectivity index (χ2n) is 4.35. The second kappa shape index (κ2) is 5.73. The Morgan fingerprint density at radius 3 is 2.94 bits per heavy atom. The monoisotopic (exact) mass is 250 g/mol. The first-order chi connectivity index (χ1) is 8.70. The number of carbonyl (C=O) groups is 1. The van der Waals surface area contributed by atoms with Crippen LogP contribution in [0.15, 0.2) is 29.3 Å². The van der Waals surface area contributed by atoms with Crippen molar-refractivity contribution in [1.29, 1.82) is 0 Å². The maximum Gasteiger partial charge on any atom is 0.143 e. The summed E-state index contributed by atoms with van der Waals surface area (Å²) in [5.41, 5.74) is 2.36.